The first-order valence-corrected chi connectivity index (χ1v) is 33.5. The summed E-state index contributed by atoms with van der Waals surface area (Å²) in [7, 11) is 0. The van der Waals surface area contributed by atoms with Crippen molar-refractivity contribution >= 4 is 120 Å². The second-order valence-electron chi connectivity index (χ2n) is 25.6. The van der Waals surface area contributed by atoms with Gasteiger partial charge in [-0.15, -0.1) is 0 Å². The van der Waals surface area contributed by atoms with Gasteiger partial charge in [-0.2, -0.15) is 0 Å². The van der Waals surface area contributed by atoms with Crippen LogP contribution in [0.15, 0.2) is 364 Å². The van der Waals surface area contributed by atoms with Crippen LogP contribution in [-0.2, 0) is 0 Å². The van der Waals surface area contributed by atoms with Crippen molar-refractivity contribution in [3.63, 3.8) is 0 Å². The van der Waals surface area contributed by atoms with Gasteiger partial charge in [0.15, 0.2) is 0 Å². The van der Waals surface area contributed by atoms with Gasteiger partial charge in [0.25, 0.3) is 0 Å². The molecule has 6 aliphatic rings. The van der Waals surface area contributed by atoms with Gasteiger partial charge in [0.05, 0.1) is 0 Å². The zero-order valence-corrected chi connectivity index (χ0v) is 52.7. The standard InChI is InChI=1S/3C30H20BN/c1-3-11-21(12-4-1)23-15-9-16-24-25-17-10-20-28-30(25)31(29(23)24)26-18-7-8-19-27(26)32(28)22-13-5-2-6-14-22;1-3-11-21(12-4-1)22-19-25-24-15-7-8-16-26(24)31-27-17-9-10-18-28(27)32(29(20-22)30(25)31)23-13-5-2-6-14-23;1-3-11-21(12-4-1)23-19-20-28-30-29(23)24-15-7-8-16-25(24)31(30)26-17-9-10-18-27(26)32(28)22-13-5-2-6-14-22/h3*1-20H. The molecule has 15 aromatic carbocycles. The van der Waals surface area contributed by atoms with Crippen LogP contribution in [0.1, 0.15) is 0 Å². The van der Waals surface area contributed by atoms with E-state index in [0.717, 1.165) is 0 Å². The van der Waals surface area contributed by atoms with E-state index in [-0.39, 0.29) is 20.1 Å². The van der Waals surface area contributed by atoms with Crippen LogP contribution in [-0.4, -0.2) is 20.1 Å². The van der Waals surface area contributed by atoms with Crippen LogP contribution in [0.2, 0.25) is 0 Å². The topological polar surface area (TPSA) is 9.72 Å². The number of benzene rings is 15. The first-order valence-electron chi connectivity index (χ1n) is 33.5. The molecule has 6 heteroatoms. The Bertz CT molecular complexity index is 5470. The van der Waals surface area contributed by atoms with Crippen LogP contribution in [0.3, 0.4) is 0 Å². The van der Waals surface area contributed by atoms with Gasteiger partial charge in [-0.3, -0.25) is 0 Å². The average Bonchev–Trinajstić information content (AvgIpc) is 1.52. The van der Waals surface area contributed by atoms with Gasteiger partial charge < -0.3 is 14.7 Å². The highest BCUT2D eigenvalue weighted by Crippen LogP contribution is 2.47. The lowest BCUT2D eigenvalue weighted by molar-refractivity contribution is 1.30. The summed E-state index contributed by atoms with van der Waals surface area (Å²) < 4.78 is 0. The Kier molecular flexibility index (Phi) is 13.2. The van der Waals surface area contributed by atoms with Gasteiger partial charge in [0.2, 0.25) is 20.1 Å². The first kappa shape index (κ1) is 55.5. The minimum atomic E-state index is 0.240. The maximum Gasteiger partial charge on any atom is 0.249 e. The lowest BCUT2D eigenvalue weighted by Crippen LogP contribution is -2.55. The number of rotatable bonds is 6. The van der Waals surface area contributed by atoms with Gasteiger partial charge in [0, 0.05) is 51.2 Å². The van der Waals surface area contributed by atoms with Crippen molar-refractivity contribution < 1.29 is 0 Å². The molecule has 3 nitrogen and oxygen atoms in total. The van der Waals surface area contributed by atoms with E-state index in [9.17, 15) is 0 Å². The highest BCUT2D eigenvalue weighted by molar-refractivity contribution is 7.03. The van der Waals surface area contributed by atoms with Crippen molar-refractivity contribution in [1.29, 1.82) is 0 Å². The molecule has 0 fully saturated rings. The van der Waals surface area contributed by atoms with E-state index in [0.29, 0.717) is 0 Å². The average molecular weight is 1220 g/mol. The summed E-state index contributed by atoms with van der Waals surface area (Å²) in [5.74, 6) is 0. The Morgan fingerprint density at radius 1 is 0.167 bits per heavy atom. The normalized spacial score (nSPS) is 12.9. The predicted molar refractivity (Wildman–Crippen MR) is 410 cm³/mol. The summed E-state index contributed by atoms with van der Waals surface area (Å²) >= 11 is 0. The molecule has 0 aromatic heterocycles. The zero-order chi connectivity index (χ0) is 63.2. The molecule has 0 spiro atoms. The summed E-state index contributed by atoms with van der Waals surface area (Å²) in [6, 6.07) is 132. The van der Waals surface area contributed by atoms with Crippen LogP contribution in [0.25, 0.3) is 66.8 Å². The van der Waals surface area contributed by atoms with Crippen LogP contribution < -0.4 is 63.9 Å². The fraction of sp³-hybridized carbons (Fsp3) is 0. The van der Waals surface area contributed by atoms with Crippen molar-refractivity contribution in [2.45, 2.75) is 0 Å². The minimum Gasteiger partial charge on any atom is -0.312 e. The van der Waals surface area contributed by atoms with E-state index in [2.05, 4.69) is 379 Å². The quantitative estimate of drug-likeness (QED) is 0.154. The number of nitrogens with zero attached hydrogens (tertiary/aromatic N) is 3. The Balaban J connectivity index is 0.000000102. The molecule has 0 unspecified atom stereocenters. The molecule has 15 aromatic rings. The Morgan fingerprint density at radius 2 is 0.521 bits per heavy atom. The zero-order valence-electron chi connectivity index (χ0n) is 52.7. The summed E-state index contributed by atoms with van der Waals surface area (Å²) in [5, 5.41) is 0. The third kappa shape index (κ3) is 8.72. The fourth-order valence-electron chi connectivity index (χ4n) is 16.8. The lowest BCUT2D eigenvalue weighted by Gasteiger charge is -2.36. The molecule has 6 aliphatic heterocycles. The molecule has 0 bridgehead atoms. The SMILES string of the molecule is c1ccc(-c2cc3c4c(c2)N(c2ccccc2)c2ccccc2B4c2ccccc2-3)cc1.c1ccc(-c2ccc3c4c2-c2ccccc2B4c2ccccc2N3c2ccccc2)cc1.c1ccc(-c2cccc3c2B2c4ccccc4N(c4ccccc4)c4cccc-3c42)cc1. The van der Waals surface area contributed by atoms with Gasteiger partial charge in [-0.25, -0.2) is 0 Å². The maximum atomic E-state index is 2.45. The van der Waals surface area contributed by atoms with Crippen molar-refractivity contribution in [3.05, 3.63) is 364 Å². The van der Waals surface area contributed by atoms with Gasteiger partial charge >= 0.3 is 0 Å². The fourth-order valence-corrected chi connectivity index (χ4v) is 16.8. The summed E-state index contributed by atoms with van der Waals surface area (Å²) in [6.45, 7) is 0.775. The van der Waals surface area contributed by atoms with Crippen molar-refractivity contribution in [2.75, 3.05) is 14.7 Å². The van der Waals surface area contributed by atoms with E-state index in [1.807, 2.05) is 0 Å². The van der Waals surface area contributed by atoms with Crippen LogP contribution in [0, 0.1) is 0 Å². The molecule has 444 valence electrons. The molecular formula is C90H60B3N3. The molecule has 0 atom stereocenters. The molecule has 0 N–H and O–H groups in total. The van der Waals surface area contributed by atoms with E-state index in [4.69, 9.17) is 0 Å². The molecule has 96 heavy (non-hydrogen) atoms. The molecule has 0 saturated heterocycles. The summed E-state index contributed by atoms with van der Waals surface area (Å²) in [5.41, 5.74) is 39.8. The minimum absolute atomic E-state index is 0.240. The van der Waals surface area contributed by atoms with Crippen molar-refractivity contribution in [3.8, 4) is 66.8 Å². The second-order valence-corrected chi connectivity index (χ2v) is 25.6. The number of fused-ring (bicyclic) bond motifs is 15. The van der Waals surface area contributed by atoms with Gasteiger partial charge in [0.1, 0.15) is 0 Å². The monoisotopic (exact) mass is 1220 g/mol. The molecule has 0 saturated carbocycles. The number of hydrogen-bond acceptors (Lipinski definition) is 3. The highest BCUT2D eigenvalue weighted by Gasteiger charge is 2.46. The second kappa shape index (κ2) is 22.9. The smallest absolute Gasteiger partial charge is 0.249 e. The Labute approximate surface area is 562 Å². The van der Waals surface area contributed by atoms with E-state index in [1.54, 1.807) is 0 Å². The van der Waals surface area contributed by atoms with E-state index in [1.165, 1.54) is 167 Å². The number of hydrogen-bond donors (Lipinski definition) is 0. The number of anilines is 9. The lowest BCUT2D eigenvalue weighted by atomic mass is 9.36. The van der Waals surface area contributed by atoms with Crippen molar-refractivity contribution in [2.24, 2.45) is 0 Å². The highest BCUT2D eigenvalue weighted by atomic mass is 15.2. The largest absolute Gasteiger partial charge is 0.312 e. The van der Waals surface area contributed by atoms with E-state index < -0.39 is 0 Å². The molecule has 0 amide bonds. The molecule has 0 aliphatic carbocycles. The van der Waals surface area contributed by atoms with Gasteiger partial charge in [-0.05, 0) is 178 Å². The molecule has 6 heterocycles. The van der Waals surface area contributed by atoms with E-state index >= 15 is 0 Å². The summed E-state index contributed by atoms with van der Waals surface area (Å²) in [6.07, 6.45) is 0. The van der Waals surface area contributed by atoms with Crippen LogP contribution >= 0.6 is 0 Å². The third-order valence-corrected chi connectivity index (χ3v) is 20.6. The Hall–Kier alpha value is -12.1. The van der Waals surface area contributed by atoms with Crippen LogP contribution in [0.5, 0.6) is 0 Å². The third-order valence-electron chi connectivity index (χ3n) is 20.6. The first-order chi connectivity index (χ1) is 47.7. The van der Waals surface area contributed by atoms with Crippen molar-refractivity contribution in [1.82, 2.24) is 0 Å². The summed E-state index contributed by atoms with van der Waals surface area (Å²) in [4.78, 5) is 7.31. The molecular weight excluding hydrogens is 1160 g/mol. The predicted octanol–water partition coefficient (Wildman–Crippen LogP) is 16.9. The Morgan fingerprint density at radius 3 is 1.07 bits per heavy atom. The molecule has 21 rings (SSSR count). The maximum absolute atomic E-state index is 2.45. The number of para-hydroxylation sites is 6. The van der Waals surface area contributed by atoms with Gasteiger partial charge in [-0.1, -0.05) is 302 Å². The molecule has 0 radical (unpaired) electrons. The van der Waals surface area contributed by atoms with Crippen LogP contribution in [0.4, 0.5) is 51.2 Å².